The standard InChI is InChI=1S/C18H24N4O3/c1-3-24-12-14-5-4-6-16(11-14)20-18(23)22-9-7-15(8-10-22)17-19-13(2)21-25-17/h4-6,11,15H,3,7-10,12H2,1-2H3,(H,20,23). The van der Waals surface area contributed by atoms with Crippen LogP contribution >= 0.6 is 0 Å². The minimum atomic E-state index is -0.0753. The third-order valence-electron chi connectivity index (χ3n) is 4.33. The molecule has 134 valence electrons. The Labute approximate surface area is 147 Å². The minimum Gasteiger partial charge on any atom is -0.377 e. The molecule has 0 unspecified atom stereocenters. The van der Waals surface area contributed by atoms with Crippen LogP contribution in [0.5, 0.6) is 0 Å². The molecule has 0 spiro atoms. The second-order valence-corrected chi connectivity index (χ2v) is 6.21. The Kier molecular flexibility index (Phi) is 5.65. The van der Waals surface area contributed by atoms with Gasteiger partial charge in [-0.3, -0.25) is 0 Å². The Bertz CT molecular complexity index is 708. The second-order valence-electron chi connectivity index (χ2n) is 6.21. The molecule has 2 aromatic rings. The van der Waals surface area contributed by atoms with Crippen LogP contribution in [0, 0.1) is 6.92 Å². The Morgan fingerprint density at radius 3 is 2.88 bits per heavy atom. The summed E-state index contributed by atoms with van der Waals surface area (Å²) >= 11 is 0. The van der Waals surface area contributed by atoms with E-state index in [4.69, 9.17) is 9.26 Å². The first-order valence-electron chi connectivity index (χ1n) is 8.68. The number of amides is 2. The highest BCUT2D eigenvalue weighted by Gasteiger charge is 2.27. The van der Waals surface area contributed by atoms with E-state index < -0.39 is 0 Å². The summed E-state index contributed by atoms with van der Waals surface area (Å²) < 4.78 is 10.7. The molecule has 1 fully saturated rings. The SMILES string of the molecule is CCOCc1cccc(NC(=O)N2CCC(c3nc(C)no3)CC2)c1. The van der Waals surface area contributed by atoms with Crippen LogP contribution in [0.15, 0.2) is 28.8 Å². The van der Waals surface area contributed by atoms with Crippen LogP contribution in [0.4, 0.5) is 10.5 Å². The highest BCUT2D eigenvalue weighted by atomic mass is 16.5. The van der Waals surface area contributed by atoms with Crippen molar-refractivity contribution in [3.05, 3.63) is 41.5 Å². The molecule has 0 saturated carbocycles. The monoisotopic (exact) mass is 344 g/mol. The molecule has 7 nitrogen and oxygen atoms in total. The summed E-state index contributed by atoms with van der Waals surface area (Å²) in [4.78, 5) is 18.6. The van der Waals surface area contributed by atoms with E-state index in [1.807, 2.05) is 43.0 Å². The maximum Gasteiger partial charge on any atom is 0.321 e. The number of carbonyl (C=O) groups excluding carboxylic acids is 1. The van der Waals surface area contributed by atoms with E-state index in [-0.39, 0.29) is 11.9 Å². The van der Waals surface area contributed by atoms with Gasteiger partial charge in [-0.25, -0.2) is 4.79 Å². The number of rotatable bonds is 5. The predicted molar refractivity (Wildman–Crippen MR) is 93.4 cm³/mol. The lowest BCUT2D eigenvalue weighted by Gasteiger charge is -2.30. The molecule has 1 aliphatic heterocycles. The van der Waals surface area contributed by atoms with Crippen molar-refractivity contribution < 1.29 is 14.1 Å². The first kappa shape index (κ1) is 17.4. The highest BCUT2D eigenvalue weighted by Crippen LogP contribution is 2.27. The lowest BCUT2D eigenvalue weighted by molar-refractivity contribution is 0.134. The summed E-state index contributed by atoms with van der Waals surface area (Å²) in [5, 5.41) is 6.81. The Morgan fingerprint density at radius 2 is 2.20 bits per heavy atom. The van der Waals surface area contributed by atoms with Crippen molar-refractivity contribution >= 4 is 11.7 Å². The quantitative estimate of drug-likeness (QED) is 0.900. The number of benzene rings is 1. The molecular formula is C18H24N4O3. The first-order valence-corrected chi connectivity index (χ1v) is 8.68. The summed E-state index contributed by atoms with van der Waals surface area (Å²) in [5.74, 6) is 1.57. The summed E-state index contributed by atoms with van der Waals surface area (Å²) in [6.45, 7) is 6.35. The smallest absolute Gasteiger partial charge is 0.321 e. The van der Waals surface area contributed by atoms with Gasteiger partial charge in [0.2, 0.25) is 5.89 Å². The number of carbonyl (C=O) groups is 1. The molecule has 3 rings (SSSR count). The zero-order chi connectivity index (χ0) is 17.6. The normalized spacial score (nSPS) is 15.4. The minimum absolute atomic E-state index is 0.0753. The van der Waals surface area contributed by atoms with Gasteiger partial charge in [0.05, 0.1) is 6.61 Å². The van der Waals surface area contributed by atoms with Crippen LogP contribution in [0.1, 0.15) is 43.0 Å². The van der Waals surface area contributed by atoms with Crippen LogP contribution in [-0.2, 0) is 11.3 Å². The molecule has 1 aromatic carbocycles. The average molecular weight is 344 g/mol. The summed E-state index contributed by atoms with van der Waals surface area (Å²) in [7, 11) is 0. The molecule has 0 bridgehead atoms. The molecule has 1 aliphatic rings. The predicted octanol–water partition coefficient (Wildman–Crippen LogP) is 3.33. The molecule has 2 heterocycles. The van der Waals surface area contributed by atoms with Gasteiger partial charge in [0, 0.05) is 31.3 Å². The Morgan fingerprint density at radius 1 is 1.40 bits per heavy atom. The topological polar surface area (TPSA) is 80.5 Å². The lowest BCUT2D eigenvalue weighted by atomic mass is 9.97. The van der Waals surface area contributed by atoms with Crippen molar-refractivity contribution in [1.82, 2.24) is 15.0 Å². The fourth-order valence-corrected chi connectivity index (χ4v) is 2.97. The van der Waals surface area contributed by atoms with Crippen molar-refractivity contribution in [2.24, 2.45) is 0 Å². The number of urea groups is 1. The van der Waals surface area contributed by atoms with Crippen LogP contribution in [0.3, 0.4) is 0 Å². The molecule has 1 saturated heterocycles. The molecule has 25 heavy (non-hydrogen) atoms. The number of hydrogen-bond acceptors (Lipinski definition) is 5. The van der Waals surface area contributed by atoms with E-state index in [0.29, 0.717) is 38.0 Å². The molecule has 1 N–H and O–H groups in total. The van der Waals surface area contributed by atoms with Gasteiger partial charge in [-0.15, -0.1) is 0 Å². The van der Waals surface area contributed by atoms with Crippen molar-refractivity contribution in [3.63, 3.8) is 0 Å². The summed E-state index contributed by atoms with van der Waals surface area (Å²) in [5.41, 5.74) is 1.84. The van der Waals surface area contributed by atoms with Crippen LogP contribution in [0.2, 0.25) is 0 Å². The van der Waals surface area contributed by atoms with Gasteiger partial charge in [0.25, 0.3) is 0 Å². The van der Waals surface area contributed by atoms with E-state index in [1.165, 1.54) is 0 Å². The number of nitrogens with one attached hydrogen (secondary N) is 1. The maximum absolute atomic E-state index is 12.5. The Balaban J connectivity index is 1.52. The molecule has 7 heteroatoms. The number of likely N-dealkylation sites (tertiary alicyclic amines) is 1. The fraction of sp³-hybridized carbons (Fsp3) is 0.500. The van der Waals surface area contributed by atoms with Gasteiger partial charge in [0.15, 0.2) is 5.82 Å². The van der Waals surface area contributed by atoms with Crippen molar-refractivity contribution in [2.45, 2.75) is 39.2 Å². The fourth-order valence-electron chi connectivity index (χ4n) is 2.97. The molecule has 1 aromatic heterocycles. The van der Waals surface area contributed by atoms with Gasteiger partial charge in [-0.1, -0.05) is 17.3 Å². The third-order valence-corrected chi connectivity index (χ3v) is 4.33. The number of aryl methyl sites for hydroxylation is 1. The van der Waals surface area contributed by atoms with Gasteiger partial charge < -0.3 is 19.5 Å². The highest BCUT2D eigenvalue weighted by molar-refractivity contribution is 5.89. The number of ether oxygens (including phenoxy) is 1. The van der Waals surface area contributed by atoms with Gasteiger partial charge in [-0.2, -0.15) is 4.98 Å². The average Bonchev–Trinajstić information content (AvgIpc) is 3.07. The van der Waals surface area contributed by atoms with Crippen LogP contribution in [-0.4, -0.2) is 40.8 Å². The third kappa shape index (κ3) is 4.57. The second kappa shape index (κ2) is 8.11. The van der Waals surface area contributed by atoms with E-state index >= 15 is 0 Å². The van der Waals surface area contributed by atoms with E-state index in [9.17, 15) is 4.79 Å². The molecular weight excluding hydrogens is 320 g/mol. The maximum atomic E-state index is 12.5. The van der Waals surface area contributed by atoms with Crippen molar-refractivity contribution in [1.29, 1.82) is 0 Å². The van der Waals surface area contributed by atoms with Crippen LogP contribution < -0.4 is 5.32 Å². The van der Waals surface area contributed by atoms with Gasteiger partial charge >= 0.3 is 6.03 Å². The number of hydrogen-bond donors (Lipinski definition) is 1. The zero-order valence-corrected chi connectivity index (χ0v) is 14.7. The largest absolute Gasteiger partial charge is 0.377 e. The van der Waals surface area contributed by atoms with E-state index in [1.54, 1.807) is 0 Å². The van der Waals surface area contributed by atoms with E-state index in [0.717, 1.165) is 24.1 Å². The number of aromatic nitrogens is 2. The zero-order valence-electron chi connectivity index (χ0n) is 14.7. The first-order chi connectivity index (χ1) is 12.2. The number of anilines is 1. The number of nitrogens with zero attached hydrogens (tertiary/aromatic N) is 3. The Hall–Kier alpha value is -2.41. The van der Waals surface area contributed by atoms with E-state index in [2.05, 4.69) is 15.5 Å². The van der Waals surface area contributed by atoms with Crippen molar-refractivity contribution in [2.75, 3.05) is 25.0 Å². The summed E-state index contributed by atoms with van der Waals surface area (Å²) in [6.07, 6.45) is 1.67. The molecule has 2 amide bonds. The van der Waals surface area contributed by atoms with Crippen molar-refractivity contribution in [3.8, 4) is 0 Å². The lowest BCUT2D eigenvalue weighted by Crippen LogP contribution is -2.40. The van der Waals surface area contributed by atoms with Crippen LogP contribution in [0.25, 0.3) is 0 Å². The van der Waals surface area contributed by atoms with Gasteiger partial charge in [0.1, 0.15) is 0 Å². The summed E-state index contributed by atoms with van der Waals surface area (Å²) in [6, 6.07) is 7.67. The molecule has 0 radical (unpaired) electrons. The molecule has 0 atom stereocenters. The van der Waals surface area contributed by atoms with Gasteiger partial charge in [-0.05, 0) is 44.4 Å². The number of piperidine rings is 1. The molecule has 0 aliphatic carbocycles.